The molecule has 0 unspecified atom stereocenters. The zero-order valence-corrected chi connectivity index (χ0v) is 11.5. The molecule has 0 saturated heterocycles. The molecule has 0 amide bonds. The van der Waals surface area contributed by atoms with Crippen LogP contribution in [0.2, 0.25) is 0 Å². The summed E-state index contributed by atoms with van der Waals surface area (Å²) < 4.78 is 4.12. The lowest BCUT2D eigenvalue weighted by Gasteiger charge is -2.19. The zero-order chi connectivity index (χ0) is 13.5. The van der Waals surface area contributed by atoms with Crippen LogP contribution in [0.5, 0.6) is 0 Å². The molecule has 1 heterocycles. The summed E-state index contributed by atoms with van der Waals surface area (Å²) in [7, 11) is 3.98. The Morgan fingerprint density at radius 1 is 1.39 bits per heavy atom. The van der Waals surface area contributed by atoms with Crippen molar-refractivity contribution >= 4 is 29.5 Å². The van der Waals surface area contributed by atoms with Gasteiger partial charge < -0.3 is 10.8 Å². The second kappa shape index (κ2) is 4.37. The minimum Gasteiger partial charge on any atom is -0.480 e. The van der Waals surface area contributed by atoms with Crippen molar-refractivity contribution in [2.75, 3.05) is 22.7 Å². The highest BCUT2D eigenvalue weighted by molar-refractivity contribution is 8.02. The van der Waals surface area contributed by atoms with Crippen LogP contribution in [-0.4, -0.2) is 30.7 Å². The molecule has 5 nitrogen and oxygen atoms in total. The molecular weight excluding hydrogens is 250 g/mol. The molecule has 0 aromatic heterocycles. The van der Waals surface area contributed by atoms with Gasteiger partial charge in [0.05, 0.1) is 23.5 Å². The summed E-state index contributed by atoms with van der Waals surface area (Å²) in [6, 6.07) is 5.93. The van der Waals surface area contributed by atoms with Crippen molar-refractivity contribution in [1.29, 1.82) is 0 Å². The van der Waals surface area contributed by atoms with Crippen molar-refractivity contribution in [2.45, 2.75) is 18.9 Å². The van der Waals surface area contributed by atoms with Gasteiger partial charge in [-0.3, -0.25) is 13.4 Å². The molecular formula is C12H17N3O2S. The number of nitrogens with zero attached hydrogens (tertiary/aromatic N) is 2. The number of hydrogen-bond donors (Lipinski definition) is 2. The Kier molecular flexibility index (Phi) is 3.16. The Morgan fingerprint density at radius 3 is 2.61 bits per heavy atom. The van der Waals surface area contributed by atoms with Gasteiger partial charge >= 0.3 is 5.97 Å². The van der Waals surface area contributed by atoms with Crippen molar-refractivity contribution in [1.82, 2.24) is 0 Å². The molecule has 1 aliphatic rings. The minimum absolute atomic E-state index is 0.317. The van der Waals surface area contributed by atoms with Gasteiger partial charge in [-0.15, -0.1) is 0 Å². The SMILES string of the molecule is CN1SN(C)c2cc(C[C@](C)(N)C(=O)O)ccc21. The number of carbonyl (C=O) groups is 1. The monoisotopic (exact) mass is 267 g/mol. The van der Waals surface area contributed by atoms with Crippen LogP contribution in [-0.2, 0) is 11.2 Å². The molecule has 0 spiro atoms. The molecule has 0 saturated carbocycles. The summed E-state index contributed by atoms with van der Waals surface area (Å²) in [5.74, 6) is -0.983. The average Bonchev–Trinajstić information content (AvgIpc) is 2.54. The third-order valence-electron chi connectivity index (χ3n) is 3.02. The smallest absolute Gasteiger partial charge is 0.323 e. The van der Waals surface area contributed by atoms with Crippen LogP contribution in [0.1, 0.15) is 12.5 Å². The largest absolute Gasteiger partial charge is 0.480 e. The second-order valence-electron chi connectivity index (χ2n) is 4.80. The van der Waals surface area contributed by atoms with Crippen LogP contribution in [0, 0.1) is 0 Å². The molecule has 0 bridgehead atoms. The summed E-state index contributed by atoms with van der Waals surface area (Å²) in [5, 5.41) is 9.04. The van der Waals surface area contributed by atoms with Crippen molar-refractivity contribution in [3.8, 4) is 0 Å². The highest BCUT2D eigenvalue weighted by Crippen LogP contribution is 2.42. The Balaban J connectivity index is 2.28. The van der Waals surface area contributed by atoms with E-state index in [1.807, 2.05) is 36.6 Å². The average molecular weight is 267 g/mol. The lowest BCUT2D eigenvalue weighted by molar-refractivity contribution is -0.142. The predicted molar refractivity (Wildman–Crippen MR) is 74.8 cm³/mol. The molecule has 0 radical (unpaired) electrons. The van der Waals surface area contributed by atoms with E-state index in [0.29, 0.717) is 6.42 Å². The number of rotatable bonds is 3. The summed E-state index contributed by atoms with van der Waals surface area (Å²) in [5.41, 5.74) is 7.68. The Morgan fingerprint density at radius 2 is 2.00 bits per heavy atom. The Hall–Kier alpha value is -1.40. The molecule has 1 atom stereocenters. The molecule has 1 aromatic rings. The first-order valence-electron chi connectivity index (χ1n) is 5.62. The molecule has 98 valence electrons. The summed E-state index contributed by atoms with van der Waals surface area (Å²) >= 11 is 1.60. The lowest BCUT2D eigenvalue weighted by Crippen LogP contribution is -2.46. The molecule has 2 rings (SSSR count). The maximum atomic E-state index is 11.0. The van der Waals surface area contributed by atoms with Gasteiger partial charge in [0.15, 0.2) is 0 Å². The van der Waals surface area contributed by atoms with Gasteiger partial charge in [-0.05, 0) is 24.6 Å². The second-order valence-corrected chi connectivity index (χ2v) is 6.06. The van der Waals surface area contributed by atoms with Gasteiger partial charge in [-0.25, -0.2) is 0 Å². The Labute approximate surface area is 111 Å². The zero-order valence-electron chi connectivity index (χ0n) is 10.7. The topological polar surface area (TPSA) is 69.8 Å². The van der Waals surface area contributed by atoms with E-state index in [1.54, 1.807) is 12.1 Å². The van der Waals surface area contributed by atoms with E-state index in [-0.39, 0.29) is 0 Å². The fraction of sp³-hybridized carbons (Fsp3) is 0.417. The van der Waals surface area contributed by atoms with Gasteiger partial charge in [0.25, 0.3) is 0 Å². The number of carboxylic acids is 1. The number of nitrogens with two attached hydrogens (primary N) is 1. The van der Waals surface area contributed by atoms with E-state index in [1.165, 1.54) is 6.92 Å². The maximum Gasteiger partial charge on any atom is 0.323 e. The van der Waals surface area contributed by atoms with E-state index in [0.717, 1.165) is 16.9 Å². The molecule has 18 heavy (non-hydrogen) atoms. The van der Waals surface area contributed by atoms with Gasteiger partial charge in [0.1, 0.15) is 5.54 Å². The molecule has 3 N–H and O–H groups in total. The first-order valence-corrected chi connectivity index (χ1v) is 6.35. The highest BCUT2D eigenvalue weighted by atomic mass is 32.2. The van der Waals surface area contributed by atoms with Crippen LogP contribution >= 0.6 is 12.1 Å². The highest BCUT2D eigenvalue weighted by Gasteiger charge is 2.29. The minimum atomic E-state index is -1.23. The normalized spacial score (nSPS) is 17.6. The summed E-state index contributed by atoms with van der Waals surface area (Å²) in [6.07, 6.45) is 0.317. The number of hydrogen-bond acceptors (Lipinski definition) is 5. The first kappa shape index (κ1) is 13.0. The quantitative estimate of drug-likeness (QED) is 0.808. The fourth-order valence-electron chi connectivity index (χ4n) is 1.97. The van der Waals surface area contributed by atoms with E-state index in [4.69, 9.17) is 10.8 Å². The van der Waals surface area contributed by atoms with Crippen LogP contribution in [0.25, 0.3) is 0 Å². The van der Waals surface area contributed by atoms with Crippen molar-refractivity contribution in [3.05, 3.63) is 23.8 Å². The van der Waals surface area contributed by atoms with Crippen LogP contribution < -0.4 is 14.3 Å². The first-order chi connectivity index (χ1) is 8.31. The van der Waals surface area contributed by atoms with Gasteiger partial charge in [0, 0.05) is 20.5 Å². The van der Waals surface area contributed by atoms with E-state index >= 15 is 0 Å². The molecule has 0 fully saturated rings. The van der Waals surface area contributed by atoms with Crippen molar-refractivity contribution in [2.24, 2.45) is 5.73 Å². The summed E-state index contributed by atoms with van der Waals surface area (Å²) in [6.45, 7) is 1.53. The van der Waals surface area contributed by atoms with Gasteiger partial charge in [-0.1, -0.05) is 6.07 Å². The van der Waals surface area contributed by atoms with Crippen LogP contribution in [0.15, 0.2) is 18.2 Å². The standard InChI is InChI=1S/C12H17N3O2S/c1-12(13,11(16)17)7-8-4-5-9-10(6-8)15(3)18-14(9)2/h4-6H,7,13H2,1-3H3,(H,16,17)/t12-/m0/s1. The van der Waals surface area contributed by atoms with Gasteiger partial charge in [-0.2, -0.15) is 0 Å². The fourth-order valence-corrected chi connectivity index (χ4v) is 2.81. The van der Waals surface area contributed by atoms with E-state index in [9.17, 15) is 4.79 Å². The number of carboxylic acid groups (broad SMARTS) is 1. The predicted octanol–water partition coefficient (Wildman–Crippen LogP) is 1.48. The Bertz CT molecular complexity index is 490. The number of fused-ring (bicyclic) bond motifs is 1. The third kappa shape index (κ3) is 2.26. The lowest BCUT2D eigenvalue weighted by atomic mass is 9.93. The molecule has 6 heteroatoms. The molecule has 1 aliphatic heterocycles. The molecule has 0 aliphatic carbocycles. The molecule has 1 aromatic carbocycles. The van der Waals surface area contributed by atoms with E-state index in [2.05, 4.69) is 4.31 Å². The maximum absolute atomic E-state index is 11.0. The number of benzene rings is 1. The van der Waals surface area contributed by atoms with Crippen molar-refractivity contribution < 1.29 is 9.90 Å². The van der Waals surface area contributed by atoms with Crippen LogP contribution in [0.4, 0.5) is 11.4 Å². The third-order valence-corrected chi connectivity index (χ3v) is 3.91. The number of aliphatic carboxylic acids is 1. The summed E-state index contributed by atoms with van der Waals surface area (Å²) in [4.78, 5) is 11.0. The van der Waals surface area contributed by atoms with Crippen molar-refractivity contribution in [3.63, 3.8) is 0 Å². The van der Waals surface area contributed by atoms with E-state index < -0.39 is 11.5 Å². The number of anilines is 2. The van der Waals surface area contributed by atoms with Gasteiger partial charge in [0.2, 0.25) is 0 Å². The van der Waals surface area contributed by atoms with Crippen LogP contribution in [0.3, 0.4) is 0 Å².